The molecule has 0 fully saturated rings. The number of aryl methyl sites for hydroxylation is 1. The summed E-state index contributed by atoms with van der Waals surface area (Å²) in [5.41, 5.74) is 2.48. The van der Waals surface area contributed by atoms with Crippen molar-refractivity contribution in [3.63, 3.8) is 0 Å². The molecule has 0 aliphatic heterocycles. The second-order valence-electron chi connectivity index (χ2n) is 3.53. The van der Waals surface area contributed by atoms with Gasteiger partial charge >= 0.3 is 5.97 Å². The Morgan fingerprint density at radius 2 is 2.18 bits per heavy atom. The lowest BCUT2D eigenvalue weighted by Gasteiger charge is -2.06. The Morgan fingerprint density at radius 1 is 1.41 bits per heavy atom. The zero-order valence-corrected chi connectivity index (χ0v) is 11.1. The SMILES string of the molecule is COC(=O)c1ccc(-c2ccnn2C)c(Br)c1. The number of methoxy groups -OCH3 is 1. The van der Waals surface area contributed by atoms with Crippen LogP contribution in [0.25, 0.3) is 11.3 Å². The number of rotatable bonds is 2. The zero-order valence-electron chi connectivity index (χ0n) is 9.48. The van der Waals surface area contributed by atoms with Crippen LogP contribution in [0.3, 0.4) is 0 Å². The summed E-state index contributed by atoms with van der Waals surface area (Å²) >= 11 is 3.45. The van der Waals surface area contributed by atoms with Crippen molar-refractivity contribution in [2.75, 3.05) is 7.11 Å². The van der Waals surface area contributed by atoms with Crippen molar-refractivity contribution < 1.29 is 9.53 Å². The van der Waals surface area contributed by atoms with Crippen molar-refractivity contribution in [2.24, 2.45) is 7.05 Å². The largest absolute Gasteiger partial charge is 0.465 e. The summed E-state index contributed by atoms with van der Waals surface area (Å²) in [7, 11) is 3.24. The number of hydrogen-bond donors (Lipinski definition) is 0. The van der Waals surface area contributed by atoms with E-state index in [1.54, 1.807) is 23.0 Å². The summed E-state index contributed by atoms with van der Waals surface area (Å²) in [5, 5.41) is 4.11. The quantitative estimate of drug-likeness (QED) is 0.800. The average molecular weight is 295 g/mol. The molecule has 0 radical (unpaired) electrons. The molecule has 4 nitrogen and oxygen atoms in total. The first-order valence-corrected chi connectivity index (χ1v) is 5.79. The van der Waals surface area contributed by atoms with Gasteiger partial charge in [0.15, 0.2) is 0 Å². The van der Waals surface area contributed by atoms with E-state index in [0.29, 0.717) is 5.56 Å². The van der Waals surface area contributed by atoms with Crippen molar-refractivity contribution in [3.05, 3.63) is 40.5 Å². The number of nitrogens with zero attached hydrogens (tertiary/aromatic N) is 2. The predicted molar refractivity (Wildman–Crippen MR) is 67.7 cm³/mol. The predicted octanol–water partition coefficient (Wildman–Crippen LogP) is 2.64. The lowest BCUT2D eigenvalue weighted by Crippen LogP contribution is -2.01. The number of halogens is 1. The van der Waals surface area contributed by atoms with Crippen molar-refractivity contribution in [1.29, 1.82) is 0 Å². The molecular formula is C12H11BrN2O2. The molecule has 0 amide bonds. The Bertz CT molecular complexity index is 563. The number of hydrogen-bond acceptors (Lipinski definition) is 3. The van der Waals surface area contributed by atoms with E-state index in [2.05, 4.69) is 25.8 Å². The molecule has 2 aromatic rings. The van der Waals surface area contributed by atoms with E-state index in [1.165, 1.54) is 7.11 Å². The second kappa shape index (κ2) is 4.71. The van der Waals surface area contributed by atoms with Crippen LogP contribution in [0.15, 0.2) is 34.9 Å². The van der Waals surface area contributed by atoms with Gasteiger partial charge in [-0.25, -0.2) is 4.79 Å². The van der Waals surface area contributed by atoms with Gasteiger partial charge in [-0.3, -0.25) is 4.68 Å². The summed E-state index contributed by atoms with van der Waals surface area (Å²) in [6, 6.07) is 7.26. The van der Waals surface area contributed by atoms with Crippen molar-refractivity contribution >= 4 is 21.9 Å². The highest BCUT2D eigenvalue weighted by molar-refractivity contribution is 9.10. The molecule has 0 aliphatic carbocycles. The third-order valence-electron chi connectivity index (χ3n) is 2.49. The van der Waals surface area contributed by atoms with Gasteiger partial charge in [-0.2, -0.15) is 5.10 Å². The molecule has 1 heterocycles. The van der Waals surface area contributed by atoms with Gasteiger partial charge in [-0.05, 0) is 18.2 Å². The molecule has 2 rings (SSSR count). The van der Waals surface area contributed by atoms with E-state index < -0.39 is 0 Å². The van der Waals surface area contributed by atoms with Crippen LogP contribution < -0.4 is 0 Å². The smallest absolute Gasteiger partial charge is 0.337 e. The van der Waals surface area contributed by atoms with E-state index >= 15 is 0 Å². The molecule has 0 bridgehead atoms. The number of carbonyl (C=O) groups excluding carboxylic acids is 1. The molecule has 0 aliphatic rings. The first kappa shape index (κ1) is 11.9. The van der Waals surface area contributed by atoms with Gasteiger partial charge in [0.05, 0.1) is 18.4 Å². The van der Waals surface area contributed by atoms with Crippen LogP contribution >= 0.6 is 15.9 Å². The molecule has 0 saturated carbocycles. The lowest BCUT2D eigenvalue weighted by atomic mass is 10.1. The van der Waals surface area contributed by atoms with Gasteiger partial charge in [0.1, 0.15) is 0 Å². The van der Waals surface area contributed by atoms with Crippen LogP contribution in [0.4, 0.5) is 0 Å². The number of aromatic nitrogens is 2. The van der Waals surface area contributed by atoms with Gasteiger partial charge in [0.25, 0.3) is 0 Å². The Kier molecular flexibility index (Phi) is 3.28. The molecule has 88 valence electrons. The Labute approximate surface area is 107 Å². The Hall–Kier alpha value is -1.62. The average Bonchev–Trinajstić information content (AvgIpc) is 2.74. The normalized spacial score (nSPS) is 10.3. The highest BCUT2D eigenvalue weighted by atomic mass is 79.9. The Morgan fingerprint density at radius 3 is 2.71 bits per heavy atom. The lowest BCUT2D eigenvalue weighted by molar-refractivity contribution is 0.0600. The molecule has 0 unspecified atom stereocenters. The minimum atomic E-state index is -0.345. The third kappa shape index (κ3) is 2.24. The number of benzene rings is 1. The molecule has 1 aromatic heterocycles. The Balaban J connectivity index is 2.46. The summed E-state index contributed by atoms with van der Waals surface area (Å²) in [6.07, 6.45) is 1.73. The fourth-order valence-corrected chi connectivity index (χ4v) is 2.19. The van der Waals surface area contributed by atoms with Gasteiger partial charge in [-0.15, -0.1) is 0 Å². The van der Waals surface area contributed by atoms with Gasteiger partial charge in [-0.1, -0.05) is 22.0 Å². The molecule has 1 aromatic carbocycles. The van der Waals surface area contributed by atoms with Crippen LogP contribution in [0, 0.1) is 0 Å². The number of carbonyl (C=O) groups is 1. The maximum absolute atomic E-state index is 11.4. The summed E-state index contributed by atoms with van der Waals surface area (Å²) < 4.78 is 7.28. The first-order valence-electron chi connectivity index (χ1n) is 4.99. The molecule has 0 spiro atoms. The minimum Gasteiger partial charge on any atom is -0.465 e. The van der Waals surface area contributed by atoms with Crippen LogP contribution in [0.2, 0.25) is 0 Å². The number of ether oxygens (including phenoxy) is 1. The van der Waals surface area contributed by atoms with E-state index in [-0.39, 0.29) is 5.97 Å². The van der Waals surface area contributed by atoms with Crippen molar-refractivity contribution in [3.8, 4) is 11.3 Å². The van der Waals surface area contributed by atoms with E-state index in [0.717, 1.165) is 15.7 Å². The van der Waals surface area contributed by atoms with E-state index in [9.17, 15) is 4.79 Å². The van der Waals surface area contributed by atoms with Crippen LogP contribution in [-0.2, 0) is 11.8 Å². The highest BCUT2D eigenvalue weighted by Gasteiger charge is 2.11. The maximum atomic E-state index is 11.4. The van der Waals surface area contributed by atoms with Crippen LogP contribution in [-0.4, -0.2) is 22.9 Å². The highest BCUT2D eigenvalue weighted by Crippen LogP contribution is 2.28. The number of esters is 1. The summed E-state index contributed by atoms with van der Waals surface area (Å²) in [5.74, 6) is -0.345. The van der Waals surface area contributed by atoms with E-state index in [1.807, 2.05) is 19.2 Å². The second-order valence-corrected chi connectivity index (χ2v) is 4.38. The summed E-state index contributed by atoms with van der Waals surface area (Å²) in [4.78, 5) is 11.4. The molecule has 0 N–H and O–H groups in total. The van der Waals surface area contributed by atoms with Crippen molar-refractivity contribution in [1.82, 2.24) is 9.78 Å². The monoisotopic (exact) mass is 294 g/mol. The fourth-order valence-electron chi connectivity index (χ4n) is 1.61. The molecular weight excluding hydrogens is 284 g/mol. The van der Waals surface area contributed by atoms with Crippen LogP contribution in [0.5, 0.6) is 0 Å². The zero-order chi connectivity index (χ0) is 12.4. The third-order valence-corrected chi connectivity index (χ3v) is 3.14. The molecule has 0 saturated heterocycles. The minimum absolute atomic E-state index is 0.345. The van der Waals surface area contributed by atoms with Crippen molar-refractivity contribution in [2.45, 2.75) is 0 Å². The van der Waals surface area contributed by atoms with E-state index in [4.69, 9.17) is 0 Å². The van der Waals surface area contributed by atoms with Gasteiger partial charge < -0.3 is 4.74 Å². The fraction of sp³-hybridized carbons (Fsp3) is 0.167. The topological polar surface area (TPSA) is 44.1 Å². The summed E-state index contributed by atoms with van der Waals surface area (Å²) in [6.45, 7) is 0. The van der Waals surface area contributed by atoms with Gasteiger partial charge in [0, 0.05) is 23.3 Å². The van der Waals surface area contributed by atoms with Crippen LogP contribution in [0.1, 0.15) is 10.4 Å². The molecule has 5 heteroatoms. The standard InChI is InChI=1S/C12H11BrN2O2/c1-15-11(5-6-14-15)9-4-3-8(7-10(9)13)12(16)17-2/h3-7H,1-2H3. The first-order chi connectivity index (χ1) is 8.13. The van der Waals surface area contributed by atoms with Gasteiger partial charge in [0.2, 0.25) is 0 Å². The molecule has 0 atom stereocenters. The molecule has 17 heavy (non-hydrogen) atoms. The maximum Gasteiger partial charge on any atom is 0.337 e.